The molecule has 2 N–H and O–H groups in total. The fraction of sp³-hybridized carbons (Fsp3) is 1.00. The summed E-state index contributed by atoms with van der Waals surface area (Å²) in [6, 6.07) is 0.278. The van der Waals surface area contributed by atoms with Crippen LogP contribution >= 0.6 is 0 Å². The zero-order valence-electron chi connectivity index (χ0n) is 8.22. The van der Waals surface area contributed by atoms with Crippen LogP contribution in [0.2, 0.25) is 0 Å². The van der Waals surface area contributed by atoms with Crippen LogP contribution in [0.5, 0.6) is 0 Å². The average molecular weight is 219 g/mol. The van der Waals surface area contributed by atoms with E-state index in [4.69, 9.17) is 5.73 Å². The van der Waals surface area contributed by atoms with Gasteiger partial charge in [-0.1, -0.05) is 0 Å². The molecule has 0 radical (unpaired) electrons. The predicted molar refractivity (Wildman–Crippen MR) is 53.9 cm³/mol. The molecule has 0 spiro atoms. The average Bonchev–Trinajstić information content (AvgIpc) is 2.91. The Hall–Kier alpha value is -0.170. The van der Waals surface area contributed by atoms with E-state index in [1.54, 1.807) is 4.31 Å². The zero-order valence-corrected chi connectivity index (χ0v) is 9.04. The number of nitrogens with zero attached hydrogens (tertiary/aromatic N) is 2. The molecule has 14 heavy (non-hydrogen) atoms. The quantitative estimate of drug-likeness (QED) is 0.686. The van der Waals surface area contributed by atoms with Gasteiger partial charge in [-0.15, -0.1) is 0 Å². The third kappa shape index (κ3) is 1.79. The predicted octanol–water partition coefficient (Wildman–Crippen LogP) is -0.640. The van der Waals surface area contributed by atoms with Crippen LogP contribution in [0.15, 0.2) is 0 Å². The van der Waals surface area contributed by atoms with Gasteiger partial charge < -0.3 is 5.73 Å². The molecule has 0 aromatic heterocycles. The number of hydrogen-bond acceptors (Lipinski definition) is 3. The second-order valence-corrected chi connectivity index (χ2v) is 5.77. The van der Waals surface area contributed by atoms with Crippen molar-refractivity contribution in [3.8, 4) is 0 Å². The first-order valence-corrected chi connectivity index (χ1v) is 6.53. The van der Waals surface area contributed by atoms with Gasteiger partial charge >= 0.3 is 0 Å². The summed E-state index contributed by atoms with van der Waals surface area (Å²) >= 11 is 0. The molecule has 1 aliphatic heterocycles. The minimum Gasteiger partial charge on any atom is -0.329 e. The third-order valence-corrected chi connectivity index (χ3v) is 4.83. The van der Waals surface area contributed by atoms with Crippen LogP contribution in [-0.4, -0.2) is 49.2 Å². The molecule has 0 bridgehead atoms. The Morgan fingerprint density at radius 2 is 2.00 bits per heavy atom. The Labute approximate surface area is 85.0 Å². The summed E-state index contributed by atoms with van der Waals surface area (Å²) < 4.78 is 27.1. The van der Waals surface area contributed by atoms with Gasteiger partial charge in [0.15, 0.2) is 0 Å². The van der Waals surface area contributed by atoms with Crippen LogP contribution < -0.4 is 5.73 Å². The lowest BCUT2D eigenvalue weighted by molar-refractivity contribution is 0.282. The van der Waals surface area contributed by atoms with Crippen LogP contribution in [0, 0.1) is 0 Å². The van der Waals surface area contributed by atoms with Gasteiger partial charge in [-0.3, -0.25) is 0 Å². The first-order valence-electron chi connectivity index (χ1n) is 5.13. The Morgan fingerprint density at radius 3 is 2.57 bits per heavy atom. The normalized spacial score (nSPS) is 29.2. The minimum atomic E-state index is -3.18. The molecule has 1 aliphatic carbocycles. The first-order chi connectivity index (χ1) is 6.66. The van der Waals surface area contributed by atoms with Crippen LogP contribution in [-0.2, 0) is 10.2 Å². The molecule has 2 fully saturated rings. The third-order valence-electron chi connectivity index (χ3n) is 2.74. The highest BCUT2D eigenvalue weighted by atomic mass is 32.2. The minimum absolute atomic E-state index is 0.278. The second-order valence-electron chi connectivity index (χ2n) is 3.89. The molecule has 0 unspecified atom stereocenters. The van der Waals surface area contributed by atoms with Gasteiger partial charge in [0.1, 0.15) is 0 Å². The molecule has 0 aromatic rings. The van der Waals surface area contributed by atoms with E-state index < -0.39 is 10.2 Å². The summed E-state index contributed by atoms with van der Waals surface area (Å²) in [4.78, 5) is 0. The van der Waals surface area contributed by atoms with Crippen molar-refractivity contribution in [1.82, 2.24) is 8.61 Å². The van der Waals surface area contributed by atoms with Crippen LogP contribution in [0.25, 0.3) is 0 Å². The van der Waals surface area contributed by atoms with Gasteiger partial charge in [0.05, 0.1) is 0 Å². The number of nitrogens with two attached hydrogens (primary N) is 1. The zero-order chi connectivity index (χ0) is 10.2. The highest BCUT2D eigenvalue weighted by molar-refractivity contribution is 7.86. The lowest BCUT2D eigenvalue weighted by Crippen LogP contribution is -2.51. The Kier molecular flexibility index (Phi) is 2.79. The van der Waals surface area contributed by atoms with Gasteiger partial charge in [0.2, 0.25) is 0 Å². The smallest absolute Gasteiger partial charge is 0.282 e. The lowest BCUT2D eigenvalue weighted by Gasteiger charge is -2.34. The second kappa shape index (κ2) is 3.77. The van der Waals surface area contributed by atoms with E-state index >= 15 is 0 Å². The molecule has 0 amide bonds. The fourth-order valence-corrected chi connectivity index (χ4v) is 3.83. The molecule has 2 rings (SSSR count). The van der Waals surface area contributed by atoms with Gasteiger partial charge in [0.25, 0.3) is 10.2 Å². The van der Waals surface area contributed by atoms with E-state index in [2.05, 4.69) is 0 Å². The maximum Gasteiger partial charge on any atom is 0.282 e. The van der Waals surface area contributed by atoms with Crippen molar-refractivity contribution >= 4 is 10.2 Å². The maximum atomic E-state index is 12.0. The standard InChI is InChI=1S/C8H17N3O2S/c9-4-7-10-5-1-6-11(8-2-3-8)14(10,12)13/h8H,1-7,9H2. The highest BCUT2D eigenvalue weighted by Crippen LogP contribution is 2.32. The largest absolute Gasteiger partial charge is 0.329 e. The Morgan fingerprint density at radius 1 is 1.29 bits per heavy atom. The van der Waals surface area contributed by atoms with E-state index in [0.29, 0.717) is 26.2 Å². The van der Waals surface area contributed by atoms with Crippen molar-refractivity contribution in [2.45, 2.75) is 25.3 Å². The van der Waals surface area contributed by atoms with Crippen molar-refractivity contribution in [2.24, 2.45) is 5.73 Å². The topological polar surface area (TPSA) is 66.6 Å². The monoisotopic (exact) mass is 219 g/mol. The van der Waals surface area contributed by atoms with Crippen molar-refractivity contribution in [3.05, 3.63) is 0 Å². The van der Waals surface area contributed by atoms with E-state index in [1.807, 2.05) is 0 Å². The molecule has 2 aliphatic rings. The van der Waals surface area contributed by atoms with E-state index in [1.165, 1.54) is 4.31 Å². The van der Waals surface area contributed by atoms with E-state index in [0.717, 1.165) is 19.3 Å². The molecule has 1 saturated heterocycles. The van der Waals surface area contributed by atoms with Crippen molar-refractivity contribution in [3.63, 3.8) is 0 Å². The maximum absolute atomic E-state index is 12.0. The summed E-state index contributed by atoms with van der Waals surface area (Å²) in [5.41, 5.74) is 5.39. The summed E-state index contributed by atoms with van der Waals surface area (Å²) in [5.74, 6) is 0. The fourth-order valence-electron chi connectivity index (χ4n) is 1.89. The highest BCUT2D eigenvalue weighted by Gasteiger charge is 2.41. The first kappa shape index (κ1) is 10.4. The van der Waals surface area contributed by atoms with E-state index in [-0.39, 0.29) is 6.04 Å². The van der Waals surface area contributed by atoms with Gasteiger partial charge in [-0.2, -0.15) is 17.0 Å². The van der Waals surface area contributed by atoms with Crippen LogP contribution in [0.1, 0.15) is 19.3 Å². The van der Waals surface area contributed by atoms with Crippen molar-refractivity contribution in [2.75, 3.05) is 26.2 Å². The molecule has 1 heterocycles. The van der Waals surface area contributed by atoms with Gasteiger partial charge in [-0.25, -0.2) is 0 Å². The summed E-state index contributed by atoms with van der Waals surface area (Å²) in [6.07, 6.45) is 2.97. The molecular weight excluding hydrogens is 202 g/mol. The molecule has 0 aromatic carbocycles. The van der Waals surface area contributed by atoms with Crippen molar-refractivity contribution < 1.29 is 8.42 Å². The van der Waals surface area contributed by atoms with Crippen LogP contribution in [0.3, 0.4) is 0 Å². The number of rotatable bonds is 3. The summed E-state index contributed by atoms with van der Waals surface area (Å²) in [6.45, 7) is 2.17. The molecule has 0 atom stereocenters. The van der Waals surface area contributed by atoms with Gasteiger partial charge in [-0.05, 0) is 19.3 Å². The molecule has 5 nitrogen and oxygen atoms in total. The SMILES string of the molecule is NCCN1CCCN(C2CC2)S1(=O)=O. The van der Waals surface area contributed by atoms with Crippen molar-refractivity contribution in [1.29, 1.82) is 0 Å². The Balaban J connectivity index is 2.12. The van der Waals surface area contributed by atoms with E-state index in [9.17, 15) is 8.42 Å². The van der Waals surface area contributed by atoms with Crippen LogP contribution in [0.4, 0.5) is 0 Å². The summed E-state index contributed by atoms with van der Waals surface area (Å²) in [5, 5.41) is 0. The molecule has 1 saturated carbocycles. The Bertz CT molecular complexity index is 298. The summed E-state index contributed by atoms with van der Waals surface area (Å²) in [7, 11) is -3.18. The molecule has 82 valence electrons. The molecular formula is C8H17N3O2S. The van der Waals surface area contributed by atoms with Gasteiger partial charge in [0, 0.05) is 32.2 Å². The molecule has 6 heteroatoms. The number of hydrogen-bond donors (Lipinski definition) is 1. The lowest BCUT2D eigenvalue weighted by atomic mass is 10.4.